The van der Waals surface area contributed by atoms with Gasteiger partial charge in [0.25, 0.3) is 0 Å². The van der Waals surface area contributed by atoms with Crippen molar-refractivity contribution in [1.29, 1.82) is 0 Å². The molecule has 1 N–H and O–H groups in total. The molecule has 6 heteroatoms. The molecule has 1 saturated heterocycles. The normalized spacial score (nSPS) is 16.4. The topological polar surface area (TPSA) is 55.9 Å². The fourth-order valence-corrected chi connectivity index (χ4v) is 2.61. The molecule has 1 unspecified atom stereocenters. The van der Waals surface area contributed by atoms with Gasteiger partial charge in [0.05, 0.1) is 5.92 Å². The lowest BCUT2D eigenvalue weighted by Gasteiger charge is -2.22. The van der Waals surface area contributed by atoms with Crippen molar-refractivity contribution in [2.45, 2.75) is 12.0 Å². The highest BCUT2D eigenvalue weighted by molar-refractivity contribution is 5.27. The van der Waals surface area contributed by atoms with Crippen LogP contribution in [0.2, 0.25) is 0 Å². The standard InChI is InChI=1S/C16H15FN4O/c17-13-5-3-11(4-6-13)14(21-7-1-2-8-21)15-19-16(22-20-15)12-9-18-10-12/h1-8,12,14,18H,9-10H2. The molecule has 3 aromatic rings. The van der Waals surface area contributed by atoms with Crippen molar-refractivity contribution < 1.29 is 8.91 Å². The average Bonchev–Trinajstić information content (AvgIpc) is 3.12. The van der Waals surface area contributed by atoms with Gasteiger partial charge in [0.15, 0.2) is 5.82 Å². The van der Waals surface area contributed by atoms with Gasteiger partial charge in [-0.2, -0.15) is 4.98 Å². The number of hydrogen-bond donors (Lipinski definition) is 1. The van der Waals surface area contributed by atoms with Gasteiger partial charge < -0.3 is 14.4 Å². The van der Waals surface area contributed by atoms with Gasteiger partial charge in [0.2, 0.25) is 5.89 Å². The Bertz CT molecular complexity index is 747. The maximum absolute atomic E-state index is 13.2. The average molecular weight is 298 g/mol. The van der Waals surface area contributed by atoms with Crippen molar-refractivity contribution >= 4 is 0 Å². The molecule has 3 heterocycles. The van der Waals surface area contributed by atoms with E-state index in [4.69, 9.17) is 4.52 Å². The van der Waals surface area contributed by atoms with Crippen LogP contribution in [0.1, 0.15) is 29.2 Å². The highest BCUT2D eigenvalue weighted by Gasteiger charge is 2.28. The molecular weight excluding hydrogens is 283 g/mol. The van der Waals surface area contributed by atoms with E-state index in [-0.39, 0.29) is 11.9 Å². The van der Waals surface area contributed by atoms with E-state index in [1.807, 2.05) is 29.1 Å². The first-order valence-corrected chi connectivity index (χ1v) is 7.23. The van der Waals surface area contributed by atoms with Crippen LogP contribution in [0.4, 0.5) is 4.39 Å². The molecule has 0 spiro atoms. The van der Waals surface area contributed by atoms with Crippen LogP contribution in [0.15, 0.2) is 53.3 Å². The van der Waals surface area contributed by atoms with Crippen LogP contribution < -0.4 is 5.32 Å². The fourth-order valence-electron chi connectivity index (χ4n) is 2.61. The van der Waals surface area contributed by atoms with Gasteiger partial charge in [-0.05, 0) is 29.8 Å². The lowest BCUT2D eigenvalue weighted by molar-refractivity contribution is 0.305. The number of nitrogens with zero attached hydrogens (tertiary/aromatic N) is 3. The Morgan fingerprint density at radius 2 is 1.91 bits per heavy atom. The van der Waals surface area contributed by atoms with Crippen molar-refractivity contribution in [3.63, 3.8) is 0 Å². The predicted molar refractivity (Wildman–Crippen MR) is 78.0 cm³/mol. The molecule has 0 aliphatic carbocycles. The lowest BCUT2D eigenvalue weighted by atomic mass is 10.0. The van der Waals surface area contributed by atoms with Gasteiger partial charge in [-0.25, -0.2) is 4.39 Å². The highest BCUT2D eigenvalue weighted by atomic mass is 19.1. The Morgan fingerprint density at radius 3 is 2.55 bits per heavy atom. The Balaban J connectivity index is 1.73. The summed E-state index contributed by atoms with van der Waals surface area (Å²) in [5.41, 5.74) is 0.914. The number of benzene rings is 1. The largest absolute Gasteiger partial charge is 0.339 e. The van der Waals surface area contributed by atoms with Gasteiger partial charge in [0, 0.05) is 25.5 Å². The molecule has 0 amide bonds. The van der Waals surface area contributed by atoms with Gasteiger partial charge in [-0.15, -0.1) is 0 Å². The molecule has 22 heavy (non-hydrogen) atoms. The van der Waals surface area contributed by atoms with Crippen molar-refractivity contribution in [2.75, 3.05) is 13.1 Å². The van der Waals surface area contributed by atoms with E-state index in [0.717, 1.165) is 18.7 Å². The number of rotatable bonds is 4. The quantitative estimate of drug-likeness (QED) is 0.803. The Hall–Kier alpha value is -2.47. The van der Waals surface area contributed by atoms with E-state index in [2.05, 4.69) is 15.5 Å². The van der Waals surface area contributed by atoms with Gasteiger partial charge in [-0.1, -0.05) is 17.3 Å². The van der Waals surface area contributed by atoms with Crippen LogP contribution in [0.3, 0.4) is 0 Å². The molecule has 5 nitrogen and oxygen atoms in total. The van der Waals surface area contributed by atoms with Crippen molar-refractivity contribution in [3.05, 3.63) is 71.9 Å². The number of nitrogens with one attached hydrogen (secondary N) is 1. The first-order chi connectivity index (χ1) is 10.8. The summed E-state index contributed by atoms with van der Waals surface area (Å²) in [6, 6.07) is 10.1. The third-order valence-corrected chi connectivity index (χ3v) is 3.94. The molecule has 1 aliphatic rings. The summed E-state index contributed by atoms with van der Waals surface area (Å²) in [6.45, 7) is 1.73. The van der Waals surface area contributed by atoms with Crippen LogP contribution in [0.25, 0.3) is 0 Å². The molecule has 1 aliphatic heterocycles. The second kappa shape index (κ2) is 5.38. The summed E-state index contributed by atoms with van der Waals surface area (Å²) in [5, 5.41) is 7.33. The Labute approximate surface area is 126 Å². The Morgan fingerprint density at radius 1 is 1.18 bits per heavy atom. The maximum atomic E-state index is 13.2. The maximum Gasteiger partial charge on any atom is 0.232 e. The first-order valence-electron chi connectivity index (χ1n) is 7.23. The summed E-state index contributed by atoms with van der Waals surface area (Å²) < 4.78 is 20.6. The van der Waals surface area contributed by atoms with Crippen LogP contribution in [0, 0.1) is 5.82 Å². The summed E-state index contributed by atoms with van der Waals surface area (Å²) in [6.07, 6.45) is 3.88. The van der Waals surface area contributed by atoms with E-state index in [9.17, 15) is 4.39 Å². The number of hydrogen-bond acceptors (Lipinski definition) is 4. The summed E-state index contributed by atoms with van der Waals surface area (Å²) in [4.78, 5) is 4.56. The molecule has 2 aromatic heterocycles. The second-order valence-electron chi connectivity index (χ2n) is 5.43. The van der Waals surface area contributed by atoms with E-state index in [0.29, 0.717) is 17.6 Å². The SMILES string of the molecule is Fc1ccc(C(c2noc(C3CNC3)n2)n2cccc2)cc1. The van der Waals surface area contributed by atoms with E-state index >= 15 is 0 Å². The monoisotopic (exact) mass is 298 g/mol. The second-order valence-corrected chi connectivity index (χ2v) is 5.43. The molecule has 1 fully saturated rings. The van der Waals surface area contributed by atoms with Crippen LogP contribution in [-0.2, 0) is 0 Å². The molecule has 0 radical (unpaired) electrons. The molecule has 1 atom stereocenters. The van der Waals surface area contributed by atoms with Crippen LogP contribution in [0.5, 0.6) is 0 Å². The third kappa shape index (κ3) is 2.31. The minimum absolute atomic E-state index is 0.221. The van der Waals surface area contributed by atoms with Gasteiger partial charge in [-0.3, -0.25) is 0 Å². The number of halogens is 1. The van der Waals surface area contributed by atoms with Gasteiger partial charge in [0.1, 0.15) is 11.9 Å². The first kappa shape index (κ1) is 13.2. The molecule has 0 bridgehead atoms. The summed E-state index contributed by atoms with van der Waals surface area (Å²) >= 11 is 0. The molecular formula is C16H15FN4O. The minimum atomic E-state index is -0.260. The van der Waals surface area contributed by atoms with E-state index in [1.54, 1.807) is 12.1 Å². The minimum Gasteiger partial charge on any atom is -0.339 e. The smallest absolute Gasteiger partial charge is 0.232 e. The van der Waals surface area contributed by atoms with Crippen molar-refractivity contribution in [2.24, 2.45) is 0 Å². The molecule has 112 valence electrons. The van der Waals surface area contributed by atoms with Crippen molar-refractivity contribution in [3.8, 4) is 0 Å². The van der Waals surface area contributed by atoms with E-state index in [1.165, 1.54) is 12.1 Å². The zero-order chi connectivity index (χ0) is 14.9. The van der Waals surface area contributed by atoms with E-state index < -0.39 is 0 Å². The van der Waals surface area contributed by atoms with Crippen LogP contribution in [-0.4, -0.2) is 27.8 Å². The zero-order valence-corrected chi connectivity index (χ0v) is 11.8. The molecule has 1 aromatic carbocycles. The molecule has 0 saturated carbocycles. The molecule has 4 rings (SSSR count). The zero-order valence-electron chi connectivity index (χ0n) is 11.8. The van der Waals surface area contributed by atoms with Gasteiger partial charge >= 0.3 is 0 Å². The Kier molecular flexibility index (Phi) is 3.23. The predicted octanol–water partition coefficient (Wildman–Crippen LogP) is 2.33. The van der Waals surface area contributed by atoms with Crippen molar-refractivity contribution in [1.82, 2.24) is 20.0 Å². The third-order valence-electron chi connectivity index (χ3n) is 3.94. The van der Waals surface area contributed by atoms with Crippen LogP contribution >= 0.6 is 0 Å². The lowest BCUT2D eigenvalue weighted by Crippen LogP contribution is -2.40. The highest BCUT2D eigenvalue weighted by Crippen LogP contribution is 2.27. The fraction of sp³-hybridized carbons (Fsp3) is 0.250. The summed E-state index contributed by atoms with van der Waals surface area (Å²) in [7, 11) is 0. The number of aromatic nitrogens is 3. The summed E-state index contributed by atoms with van der Waals surface area (Å²) in [5.74, 6) is 1.28.